The number of fused-ring (bicyclic) bond motifs is 1. The van der Waals surface area contributed by atoms with Crippen LogP contribution in [0.3, 0.4) is 0 Å². The molecule has 1 atom stereocenters. The summed E-state index contributed by atoms with van der Waals surface area (Å²) in [5.74, 6) is -0.138. The molecule has 1 amide bonds. The molecule has 0 radical (unpaired) electrons. The van der Waals surface area contributed by atoms with Gasteiger partial charge >= 0.3 is 0 Å². The number of anilines is 1. The summed E-state index contributed by atoms with van der Waals surface area (Å²) in [5.41, 5.74) is 2.28. The fourth-order valence-electron chi connectivity index (χ4n) is 3.15. The second-order valence-corrected chi connectivity index (χ2v) is 6.14. The molecule has 124 valence electrons. The van der Waals surface area contributed by atoms with Gasteiger partial charge in [0.05, 0.1) is 30.1 Å². The number of aromatic amines is 1. The SMILES string of the molecule is O=C(Nc1cnn(C[C@@H]2CCCCO2)c1)c1c[nH]c2ccccc12. The van der Waals surface area contributed by atoms with Gasteiger partial charge in [0.2, 0.25) is 0 Å². The van der Waals surface area contributed by atoms with Crippen LogP contribution in [0, 0.1) is 0 Å². The summed E-state index contributed by atoms with van der Waals surface area (Å²) in [4.78, 5) is 15.6. The van der Waals surface area contributed by atoms with Crippen molar-refractivity contribution in [2.45, 2.75) is 31.9 Å². The highest BCUT2D eigenvalue weighted by Gasteiger charge is 2.16. The van der Waals surface area contributed by atoms with Crippen molar-refractivity contribution >= 4 is 22.5 Å². The van der Waals surface area contributed by atoms with E-state index in [-0.39, 0.29) is 12.0 Å². The normalized spacial score (nSPS) is 17.9. The Morgan fingerprint density at radius 3 is 3.17 bits per heavy atom. The van der Waals surface area contributed by atoms with E-state index in [1.54, 1.807) is 12.4 Å². The maximum atomic E-state index is 12.5. The van der Waals surface area contributed by atoms with Crippen molar-refractivity contribution in [3.8, 4) is 0 Å². The van der Waals surface area contributed by atoms with E-state index in [0.717, 1.165) is 36.9 Å². The summed E-state index contributed by atoms with van der Waals surface area (Å²) in [6.45, 7) is 1.55. The molecule has 6 nitrogen and oxygen atoms in total. The van der Waals surface area contributed by atoms with E-state index in [1.807, 2.05) is 35.1 Å². The van der Waals surface area contributed by atoms with Crippen LogP contribution >= 0.6 is 0 Å². The molecule has 3 aromatic rings. The predicted molar refractivity (Wildman–Crippen MR) is 92.1 cm³/mol. The van der Waals surface area contributed by atoms with Crippen molar-refractivity contribution in [2.75, 3.05) is 11.9 Å². The Kier molecular flexibility index (Phi) is 4.04. The summed E-state index contributed by atoms with van der Waals surface area (Å²) >= 11 is 0. The summed E-state index contributed by atoms with van der Waals surface area (Å²) in [6.07, 6.45) is 8.89. The maximum absolute atomic E-state index is 12.5. The van der Waals surface area contributed by atoms with E-state index in [9.17, 15) is 4.79 Å². The Morgan fingerprint density at radius 1 is 1.38 bits per heavy atom. The predicted octanol–water partition coefficient (Wildman–Crippen LogP) is 3.19. The molecular weight excluding hydrogens is 304 g/mol. The smallest absolute Gasteiger partial charge is 0.257 e. The number of nitrogens with zero attached hydrogens (tertiary/aromatic N) is 2. The molecule has 0 spiro atoms. The van der Waals surface area contributed by atoms with E-state index < -0.39 is 0 Å². The standard InChI is InChI=1S/C18H20N4O2/c23-18(16-10-19-17-7-2-1-6-15(16)17)21-13-9-20-22(11-13)12-14-5-3-4-8-24-14/h1-2,6-7,9-11,14,19H,3-5,8,12H2,(H,21,23)/t14-/m0/s1. The molecule has 1 aliphatic heterocycles. The van der Waals surface area contributed by atoms with Gasteiger partial charge in [-0.15, -0.1) is 0 Å². The molecular formula is C18H20N4O2. The first-order valence-electron chi connectivity index (χ1n) is 8.31. The Morgan fingerprint density at radius 2 is 2.29 bits per heavy atom. The van der Waals surface area contributed by atoms with Crippen LogP contribution in [0.1, 0.15) is 29.6 Å². The molecule has 4 rings (SSSR count). The zero-order valence-corrected chi connectivity index (χ0v) is 13.4. The van der Waals surface area contributed by atoms with Gasteiger partial charge in [-0.25, -0.2) is 0 Å². The number of aromatic nitrogens is 3. The molecule has 24 heavy (non-hydrogen) atoms. The molecule has 0 unspecified atom stereocenters. The zero-order chi connectivity index (χ0) is 16.4. The van der Waals surface area contributed by atoms with Crippen LogP contribution in [0.15, 0.2) is 42.9 Å². The van der Waals surface area contributed by atoms with Crippen LogP contribution in [-0.4, -0.2) is 33.4 Å². The van der Waals surface area contributed by atoms with Crippen LogP contribution in [0.4, 0.5) is 5.69 Å². The third kappa shape index (κ3) is 3.05. The molecule has 2 aromatic heterocycles. The van der Waals surface area contributed by atoms with Crippen LogP contribution in [-0.2, 0) is 11.3 Å². The summed E-state index contributed by atoms with van der Waals surface area (Å²) < 4.78 is 7.56. The van der Waals surface area contributed by atoms with Gasteiger partial charge in [0, 0.05) is 29.9 Å². The molecule has 1 fully saturated rings. The number of H-pyrrole nitrogens is 1. The van der Waals surface area contributed by atoms with Gasteiger partial charge in [0.15, 0.2) is 0 Å². The van der Waals surface area contributed by atoms with E-state index in [2.05, 4.69) is 15.4 Å². The van der Waals surface area contributed by atoms with E-state index in [4.69, 9.17) is 4.74 Å². The van der Waals surface area contributed by atoms with Gasteiger partial charge in [-0.05, 0) is 25.3 Å². The molecule has 0 saturated carbocycles. The molecule has 0 aliphatic carbocycles. The van der Waals surface area contributed by atoms with Crippen molar-refractivity contribution in [3.63, 3.8) is 0 Å². The van der Waals surface area contributed by atoms with Crippen LogP contribution < -0.4 is 5.32 Å². The Labute approximate surface area is 139 Å². The van der Waals surface area contributed by atoms with Crippen molar-refractivity contribution in [1.82, 2.24) is 14.8 Å². The fraction of sp³-hybridized carbons (Fsp3) is 0.333. The zero-order valence-electron chi connectivity index (χ0n) is 13.4. The number of ether oxygens (including phenoxy) is 1. The van der Waals surface area contributed by atoms with E-state index >= 15 is 0 Å². The van der Waals surface area contributed by atoms with Crippen LogP contribution in [0.2, 0.25) is 0 Å². The number of hydrogen-bond donors (Lipinski definition) is 2. The second-order valence-electron chi connectivity index (χ2n) is 6.14. The number of carbonyl (C=O) groups excluding carboxylic acids is 1. The monoisotopic (exact) mass is 324 g/mol. The molecule has 3 heterocycles. The van der Waals surface area contributed by atoms with E-state index in [1.165, 1.54) is 6.42 Å². The Hall–Kier alpha value is -2.60. The number of nitrogens with one attached hydrogen (secondary N) is 2. The van der Waals surface area contributed by atoms with Crippen molar-refractivity contribution in [2.24, 2.45) is 0 Å². The van der Waals surface area contributed by atoms with Crippen molar-refractivity contribution in [3.05, 3.63) is 48.4 Å². The maximum Gasteiger partial charge on any atom is 0.257 e. The second kappa shape index (κ2) is 6.49. The number of benzene rings is 1. The molecule has 1 saturated heterocycles. The lowest BCUT2D eigenvalue weighted by molar-refractivity contribution is 0.00401. The molecule has 6 heteroatoms. The molecule has 0 bridgehead atoms. The average molecular weight is 324 g/mol. The number of amides is 1. The third-order valence-corrected chi connectivity index (χ3v) is 4.39. The Balaban J connectivity index is 1.44. The first kappa shape index (κ1) is 15.0. The highest BCUT2D eigenvalue weighted by atomic mass is 16.5. The van der Waals surface area contributed by atoms with Gasteiger partial charge in [-0.3, -0.25) is 9.48 Å². The summed E-state index contributed by atoms with van der Waals surface area (Å²) in [7, 11) is 0. The summed E-state index contributed by atoms with van der Waals surface area (Å²) in [5, 5.41) is 8.15. The highest BCUT2D eigenvalue weighted by Crippen LogP contribution is 2.19. The lowest BCUT2D eigenvalue weighted by Gasteiger charge is -2.22. The van der Waals surface area contributed by atoms with Crippen molar-refractivity contribution in [1.29, 1.82) is 0 Å². The highest BCUT2D eigenvalue weighted by molar-refractivity contribution is 6.12. The quantitative estimate of drug-likeness (QED) is 0.774. The van der Waals surface area contributed by atoms with Crippen LogP contribution in [0.5, 0.6) is 0 Å². The number of carbonyl (C=O) groups is 1. The topological polar surface area (TPSA) is 71.9 Å². The molecule has 1 aliphatic rings. The lowest BCUT2D eigenvalue weighted by Crippen LogP contribution is -2.24. The third-order valence-electron chi connectivity index (χ3n) is 4.39. The number of hydrogen-bond acceptors (Lipinski definition) is 3. The van der Waals surface area contributed by atoms with Gasteiger partial charge in [0.1, 0.15) is 0 Å². The number of rotatable bonds is 4. The van der Waals surface area contributed by atoms with Gasteiger partial charge in [0.25, 0.3) is 5.91 Å². The van der Waals surface area contributed by atoms with Gasteiger partial charge < -0.3 is 15.0 Å². The molecule has 2 N–H and O–H groups in total. The largest absolute Gasteiger partial charge is 0.376 e. The Bertz CT molecular complexity index is 845. The lowest BCUT2D eigenvalue weighted by atomic mass is 10.1. The first-order valence-corrected chi connectivity index (χ1v) is 8.31. The van der Waals surface area contributed by atoms with Crippen molar-refractivity contribution < 1.29 is 9.53 Å². The summed E-state index contributed by atoms with van der Waals surface area (Å²) in [6, 6.07) is 7.76. The first-order chi connectivity index (χ1) is 11.8. The minimum atomic E-state index is -0.138. The molecule has 1 aromatic carbocycles. The van der Waals surface area contributed by atoms with Crippen LogP contribution in [0.25, 0.3) is 10.9 Å². The van der Waals surface area contributed by atoms with E-state index in [0.29, 0.717) is 11.3 Å². The average Bonchev–Trinajstić information content (AvgIpc) is 3.22. The minimum Gasteiger partial charge on any atom is -0.376 e. The number of para-hydroxylation sites is 1. The minimum absolute atomic E-state index is 0.138. The van der Waals surface area contributed by atoms with Gasteiger partial charge in [-0.2, -0.15) is 5.10 Å². The van der Waals surface area contributed by atoms with Gasteiger partial charge in [-0.1, -0.05) is 18.2 Å². The fourth-order valence-corrected chi connectivity index (χ4v) is 3.15.